The first-order valence-corrected chi connectivity index (χ1v) is 11.0. The highest BCUT2D eigenvalue weighted by atomic mass is 19.4. The van der Waals surface area contributed by atoms with Gasteiger partial charge in [-0.15, -0.1) is 0 Å². The first-order chi connectivity index (χ1) is 15.8. The molecule has 7 heteroatoms. The number of piperidine rings is 1. The van der Waals surface area contributed by atoms with Gasteiger partial charge in [0, 0.05) is 25.2 Å². The number of hydrogen-bond donors (Lipinski definition) is 1. The number of alkyl halides is 3. The molecule has 0 aromatic heterocycles. The molecule has 1 heterocycles. The average Bonchev–Trinajstić information content (AvgIpc) is 2.83. The molecule has 0 aliphatic carbocycles. The second-order valence-electron chi connectivity index (χ2n) is 8.35. The van der Waals surface area contributed by atoms with Crippen LogP contribution in [0.2, 0.25) is 0 Å². The van der Waals surface area contributed by atoms with E-state index >= 15 is 0 Å². The molecule has 0 saturated carbocycles. The molecule has 3 aromatic carbocycles. The van der Waals surface area contributed by atoms with E-state index in [4.69, 9.17) is 0 Å². The van der Waals surface area contributed by atoms with Crippen molar-refractivity contribution in [2.24, 2.45) is 5.92 Å². The van der Waals surface area contributed by atoms with E-state index in [0.29, 0.717) is 38.0 Å². The number of nitrogens with zero attached hydrogens (tertiary/aromatic N) is 1. The molecule has 1 saturated heterocycles. The van der Waals surface area contributed by atoms with Crippen LogP contribution in [0.4, 0.5) is 13.2 Å². The zero-order chi connectivity index (χ0) is 23.4. The third-order valence-electron chi connectivity index (χ3n) is 6.09. The molecule has 4 rings (SSSR count). The molecule has 0 radical (unpaired) electrons. The Kier molecular flexibility index (Phi) is 6.67. The topological polar surface area (TPSA) is 49.4 Å². The summed E-state index contributed by atoms with van der Waals surface area (Å²) in [5.74, 6) is -0.503. The van der Waals surface area contributed by atoms with Gasteiger partial charge in [-0.3, -0.25) is 9.59 Å². The van der Waals surface area contributed by atoms with E-state index in [1.165, 1.54) is 12.1 Å². The summed E-state index contributed by atoms with van der Waals surface area (Å²) >= 11 is 0. The smallest absolute Gasteiger partial charge is 0.355 e. The molecule has 1 unspecified atom stereocenters. The molecule has 172 valence electrons. The minimum Gasteiger partial charge on any atom is -0.355 e. The van der Waals surface area contributed by atoms with Crippen LogP contribution in [0.1, 0.15) is 34.3 Å². The zero-order valence-corrected chi connectivity index (χ0v) is 18.1. The van der Waals surface area contributed by atoms with E-state index in [1.807, 2.05) is 42.5 Å². The van der Waals surface area contributed by atoms with Gasteiger partial charge in [0.15, 0.2) is 0 Å². The van der Waals surface area contributed by atoms with Gasteiger partial charge >= 0.3 is 6.18 Å². The maximum Gasteiger partial charge on any atom is 0.416 e. The molecular formula is C26H25F3N2O2. The second-order valence-corrected chi connectivity index (χ2v) is 8.35. The minimum atomic E-state index is -4.36. The quantitative estimate of drug-likeness (QED) is 0.585. The number of amides is 2. The van der Waals surface area contributed by atoms with Crippen LogP contribution in [-0.2, 0) is 17.4 Å². The number of rotatable bonds is 5. The molecule has 3 aromatic rings. The number of carbonyl (C=O) groups is 2. The zero-order valence-electron chi connectivity index (χ0n) is 18.1. The number of likely N-dealkylation sites (tertiary alicyclic amines) is 1. The van der Waals surface area contributed by atoms with Crippen molar-refractivity contribution < 1.29 is 22.8 Å². The van der Waals surface area contributed by atoms with Gasteiger partial charge in [0.2, 0.25) is 5.91 Å². The molecule has 2 amide bonds. The van der Waals surface area contributed by atoms with Crippen LogP contribution in [0.3, 0.4) is 0 Å². The molecule has 0 bridgehead atoms. The normalized spacial score (nSPS) is 16.6. The van der Waals surface area contributed by atoms with Crippen molar-refractivity contribution in [3.8, 4) is 0 Å². The third-order valence-corrected chi connectivity index (χ3v) is 6.09. The molecule has 33 heavy (non-hydrogen) atoms. The maximum absolute atomic E-state index is 13.2. The van der Waals surface area contributed by atoms with E-state index in [1.54, 1.807) is 4.90 Å². The predicted octanol–water partition coefficient (Wildman–Crippen LogP) is 5.07. The van der Waals surface area contributed by atoms with Crippen LogP contribution in [0.15, 0.2) is 66.7 Å². The lowest BCUT2D eigenvalue weighted by Crippen LogP contribution is -2.45. The molecule has 1 atom stereocenters. The Morgan fingerprint density at radius 3 is 2.45 bits per heavy atom. The monoisotopic (exact) mass is 454 g/mol. The van der Waals surface area contributed by atoms with Gasteiger partial charge in [-0.1, -0.05) is 48.5 Å². The van der Waals surface area contributed by atoms with Crippen molar-refractivity contribution in [3.05, 3.63) is 83.4 Å². The average molecular weight is 454 g/mol. The molecule has 1 aliphatic heterocycles. The van der Waals surface area contributed by atoms with E-state index < -0.39 is 11.7 Å². The Morgan fingerprint density at radius 2 is 1.70 bits per heavy atom. The van der Waals surface area contributed by atoms with Gasteiger partial charge in [0.1, 0.15) is 0 Å². The fourth-order valence-electron chi connectivity index (χ4n) is 4.29. The number of hydrogen-bond acceptors (Lipinski definition) is 2. The second kappa shape index (κ2) is 9.65. The van der Waals surface area contributed by atoms with Crippen molar-refractivity contribution >= 4 is 22.6 Å². The Labute approximate surface area is 190 Å². The predicted molar refractivity (Wildman–Crippen MR) is 121 cm³/mol. The standard InChI is InChI=1S/C26H25F3N2O2/c27-26(28,29)21-12-10-18(11-13-21)14-15-30-24(32)20-7-4-16-31(17-20)25(33)23-9-3-6-19-5-1-2-8-22(19)23/h1-3,5-6,8-13,20H,4,7,14-17H2,(H,30,32). The number of carbonyl (C=O) groups excluding carboxylic acids is 2. The molecule has 1 aliphatic rings. The van der Waals surface area contributed by atoms with Gasteiger partial charge < -0.3 is 10.2 Å². The summed E-state index contributed by atoms with van der Waals surface area (Å²) in [5, 5.41) is 4.77. The summed E-state index contributed by atoms with van der Waals surface area (Å²) < 4.78 is 38.0. The fraction of sp³-hybridized carbons (Fsp3) is 0.308. The summed E-state index contributed by atoms with van der Waals surface area (Å²) in [6.07, 6.45) is -2.47. The molecular weight excluding hydrogens is 429 g/mol. The highest BCUT2D eigenvalue weighted by molar-refractivity contribution is 6.07. The van der Waals surface area contributed by atoms with Crippen molar-refractivity contribution in [1.82, 2.24) is 10.2 Å². The Morgan fingerprint density at radius 1 is 0.970 bits per heavy atom. The van der Waals surface area contributed by atoms with Crippen molar-refractivity contribution in [2.75, 3.05) is 19.6 Å². The van der Waals surface area contributed by atoms with E-state index in [-0.39, 0.29) is 17.7 Å². The lowest BCUT2D eigenvalue weighted by atomic mass is 9.95. The summed E-state index contributed by atoms with van der Waals surface area (Å²) in [6, 6.07) is 18.3. The fourth-order valence-corrected chi connectivity index (χ4v) is 4.29. The lowest BCUT2D eigenvalue weighted by molar-refractivity contribution is -0.137. The number of benzene rings is 3. The minimum absolute atomic E-state index is 0.0749. The van der Waals surface area contributed by atoms with Crippen molar-refractivity contribution in [2.45, 2.75) is 25.4 Å². The highest BCUT2D eigenvalue weighted by Gasteiger charge is 2.30. The third kappa shape index (κ3) is 5.35. The first-order valence-electron chi connectivity index (χ1n) is 11.0. The maximum atomic E-state index is 13.2. The van der Waals surface area contributed by atoms with Crippen LogP contribution in [0.5, 0.6) is 0 Å². The van der Waals surface area contributed by atoms with Gasteiger partial charge in [0.25, 0.3) is 5.91 Å². The van der Waals surface area contributed by atoms with E-state index in [2.05, 4.69) is 5.32 Å². The van der Waals surface area contributed by atoms with E-state index in [9.17, 15) is 22.8 Å². The lowest BCUT2D eigenvalue weighted by Gasteiger charge is -2.32. The van der Waals surface area contributed by atoms with Crippen LogP contribution in [-0.4, -0.2) is 36.3 Å². The number of fused-ring (bicyclic) bond motifs is 1. The molecule has 0 spiro atoms. The Hall–Kier alpha value is -3.35. The van der Waals surface area contributed by atoms with Crippen molar-refractivity contribution in [1.29, 1.82) is 0 Å². The summed E-state index contributed by atoms with van der Waals surface area (Å²) in [4.78, 5) is 27.6. The molecule has 1 N–H and O–H groups in total. The van der Waals surface area contributed by atoms with E-state index in [0.717, 1.165) is 34.9 Å². The Balaban J connectivity index is 1.33. The van der Waals surface area contributed by atoms with Gasteiger partial charge in [0.05, 0.1) is 11.5 Å². The van der Waals surface area contributed by atoms with Crippen LogP contribution >= 0.6 is 0 Å². The summed E-state index contributed by atoms with van der Waals surface area (Å²) in [7, 11) is 0. The van der Waals surface area contributed by atoms with Crippen molar-refractivity contribution in [3.63, 3.8) is 0 Å². The SMILES string of the molecule is O=C(NCCc1ccc(C(F)(F)F)cc1)C1CCCN(C(=O)c2cccc3ccccc23)C1. The van der Waals surface area contributed by atoms with Crippen LogP contribution in [0, 0.1) is 5.92 Å². The van der Waals surface area contributed by atoms with Crippen LogP contribution < -0.4 is 5.32 Å². The highest BCUT2D eigenvalue weighted by Crippen LogP contribution is 2.29. The van der Waals surface area contributed by atoms with Crippen LogP contribution in [0.25, 0.3) is 10.8 Å². The largest absolute Gasteiger partial charge is 0.416 e. The first kappa shape index (κ1) is 22.8. The number of nitrogens with one attached hydrogen (secondary N) is 1. The van der Waals surface area contributed by atoms with Gasteiger partial charge in [-0.05, 0) is 53.8 Å². The van der Waals surface area contributed by atoms with Gasteiger partial charge in [-0.2, -0.15) is 13.2 Å². The summed E-state index contributed by atoms with van der Waals surface area (Å²) in [6.45, 7) is 1.30. The Bertz CT molecular complexity index is 1140. The summed E-state index contributed by atoms with van der Waals surface area (Å²) in [5.41, 5.74) is 0.671. The number of halogens is 3. The van der Waals surface area contributed by atoms with Gasteiger partial charge in [-0.25, -0.2) is 0 Å². The molecule has 1 fully saturated rings. The molecule has 4 nitrogen and oxygen atoms in total.